The van der Waals surface area contributed by atoms with Gasteiger partial charge >= 0.3 is 0 Å². The van der Waals surface area contributed by atoms with Crippen LogP contribution in [0.4, 0.5) is 5.69 Å². The molecule has 1 aliphatic rings. The third-order valence-electron chi connectivity index (χ3n) is 4.46. The number of amides is 3. The van der Waals surface area contributed by atoms with Crippen LogP contribution in [0.15, 0.2) is 30.3 Å². The molecule has 0 radical (unpaired) electrons. The van der Waals surface area contributed by atoms with Gasteiger partial charge in [-0.2, -0.15) is 0 Å². The van der Waals surface area contributed by atoms with Crippen LogP contribution in [0.2, 0.25) is 20.1 Å². The fourth-order valence-electron chi connectivity index (χ4n) is 3.12. The van der Waals surface area contributed by atoms with E-state index < -0.39 is 23.8 Å². The van der Waals surface area contributed by atoms with E-state index in [4.69, 9.17) is 46.4 Å². The predicted molar refractivity (Wildman–Crippen MR) is 115 cm³/mol. The predicted octanol–water partition coefficient (Wildman–Crippen LogP) is 5.95. The van der Waals surface area contributed by atoms with E-state index >= 15 is 0 Å². The largest absolute Gasteiger partial charge is 0.323 e. The Labute approximate surface area is 187 Å². The number of imide groups is 1. The molecule has 0 bridgehead atoms. The molecule has 0 fully saturated rings. The highest BCUT2D eigenvalue weighted by Gasteiger charge is 2.43. The Morgan fingerprint density at radius 3 is 1.97 bits per heavy atom. The second-order valence-corrected chi connectivity index (χ2v) is 8.71. The lowest BCUT2D eigenvalue weighted by Crippen LogP contribution is -2.48. The lowest BCUT2D eigenvalue weighted by molar-refractivity contribution is -0.120. The van der Waals surface area contributed by atoms with Crippen LogP contribution >= 0.6 is 46.4 Å². The Kier molecular flexibility index (Phi) is 6.44. The summed E-state index contributed by atoms with van der Waals surface area (Å²) in [6.07, 6.45) is 0.268. The molecule has 0 aliphatic carbocycles. The molecule has 5 nitrogen and oxygen atoms in total. The van der Waals surface area contributed by atoms with Crippen molar-refractivity contribution in [2.75, 3.05) is 5.32 Å². The maximum Gasteiger partial charge on any atom is 0.262 e. The monoisotopic (exact) mass is 472 g/mol. The Bertz CT molecular complexity index is 982. The number of anilines is 1. The minimum atomic E-state index is -1.04. The van der Waals surface area contributed by atoms with Gasteiger partial charge in [-0.25, -0.2) is 0 Å². The third kappa shape index (κ3) is 4.38. The number of halogens is 4. The van der Waals surface area contributed by atoms with Crippen molar-refractivity contribution in [2.24, 2.45) is 5.92 Å². The zero-order valence-corrected chi connectivity index (χ0v) is 18.5. The number of nitrogens with one attached hydrogen (secondary N) is 1. The summed E-state index contributed by atoms with van der Waals surface area (Å²) in [7, 11) is 0. The number of fused-ring (bicyclic) bond motifs is 1. The zero-order chi connectivity index (χ0) is 21.5. The van der Waals surface area contributed by atoms with Crippen LogP contribution in [0, 0.1) is 5.92 Å². The highest BCUT2D eigenvalue weighted by Crippen LogP contribution is 2.34. The van der Waals surface area contributed by atoms with Crippen LogP contribution in [0.1, 0.15) is 41.0 Å². The second-order valence-electron chi connectivity index (χ2n) is 7.05. The molecular formula is C20H16Cl4N2O3. The van der Waals surface area contributed by atoms with Crippen molar-refractivity contribution in [1.82, 2.24) is 4.90 Å². The van der Waals surface area contributed by atoms with Gasteiger partial charge < -0.3 is 5.32 Å². The Balaban J connectivity index is 1.95. The minimum absolute atomic E-state index is 0.0305. The van der Waals surface area contributed by atoms with Gasteiger partial charge in [0.25, 0.3) is 11.8 Å². The SMILES string of the molecule is CC(C)C[C@H](C(=O)Nc1ccc(Cl)cc1Cl)N1C(=O)c2cc(Cl)c(Cl)cc2C1=O. The first kappa shape index (κ1) is 21.9. The average Bonchev–Trinajstić information content (AvgIpc) is 2.86. The van der Waals surface area contributed by atoms with Gasteiger partial charge in [0.2, 0.25) is 5.91 Å². The first-order valence-electron chi connectivity index (χ1n) is 8.73. The van der Waals surface area contributed by atoms with E-state index in [-0.39, 0.29) is 38.5 Å². The summed E-state index contributed by atoms with van der Waals surface area (Å²) in [6, 6.07) is 6.28. The summed E-state index contributed by atoms with van der Waals surface area (Å²) >= 11 is 24.0. The van der Waals surface area contributed by atoms with Crippen LogP contribution in [0.5, 0.6) is 0 Å². The highest BCUT2D eigenvalue weighted by molar-refractivity contribution is 6.43. The molecule has 0 unspecified atom stereocenters. The molecule has 152 valence electrons. The second kappa shape index (κ2) is 8.52. The maximum atomic E-state index is 13.0. The molecule has 0 saturated heterocycles. The zero-order valence-electron chi connectivity index (χ0n) is 15.4. The van der Waals surface area contributed by atoms with Crippen molar-refractivity contribution in [3.8, 4) is 0 Å². The first-order valence-corrected chi connectivity index (χ1v) is 10.2. The lowest BCUT2D eigenvalue weighted by atomic mass is 10.0. The quantitative estimate of drug-likeness (QED) is 0.545. The molecule has 1 aliphatic heterocycles. The standard InChI is InChI=1S/C20H16Cl4N2O3/c1-9(2)5-17(18(27)25-16-4-3-10(21)6-15(16)24)26-19(28)11-7-13(22)14(23)8-12(11)20(26)29/h3-4,6-9,17H,5H2,1-2H3,(H,25,27)/t17-/m1/s1. The van der Waals surface area contributed by atoms with E-state index in [1.807, 2.05) is 13.8 Å². The minimum Gasteiger partial charge on any atom is -0.323 e. The number of hydrogen-bond donors (Lipinski definition) is 1. The number of benzene rings is 2. The van der Waals surface area contributed by atoms with E-state index in [2.05, 4.69) is 5.32 Å². The summed E-state index contributed by atoms with van der Waals surface area (Å²) in [4.78, 5) is 39.9. The fourth-order valence-corrected chi connectivity index (χ4v) is 3.90. The number of nitrogens with zero attached hydrogens (tertiary/aromatic N) is 1. The van der Waals surface area contributed by atoms with Crippen molar-refractivity contribution < 1.29 is 14.4 Å². The molecular weight excluding hydrogens is 458 g/mol. The van der Waals surface area contributed by atoms with Crippen LogP contribution in [0.3, 0.4) is 0 Å². The molecule has 0 spiro atoms. The molecule has 9 heteroatoms. The fraction of sp³-hybridized carbons (Fsp3) is 0.250. The number of carbonyl (C=O) groups is 3. The molecule has 1 heterocycles. The van der Waals surface area contributed by atoms with Gasteiger partial charge in [-0.15, -0.1) is 0 Å². The summed E-state index contributed by atoms with van der Waals surface area (Å²) in [6.45, 7) is 3.78. The van der Waals surface area contributed by atoms with E-state index in [1.54, 1.807) is 12.1 Å². The first-order chi connectivity index (χ1) is 13.6. The van der Waals surface area contributed by atoms with Gasteiger partial charge in [0, 0.05) is 5.02 Å². The van der Waals surface area contributed by atoms with Crippen molar-refractivity contribution in [1.29, 1.82) is 0 Å². The normalized spacial score (nSPS) is 14.4. The average molecular weight is 474 g/mol. The molecule has 3 amide bonds. The molecule has 29 heavy (non-hydrogen) atoms. The van der Waals surface area contributed by atoms with Gasteiger partial charge in [-0.05, 0) is 42.7 Å². The Morgan fingerprint density at radius 2 is 1.48 bits per heavy atom. The van der Waals surface area contributed by atoms with Crippen molar-refractivity contribution in [3.63, 3.8) is 0 Å². The maximum absolute atomic E-state index is 13.0. The van der Waals surface area contributed by atoms with E-state index in [0.717, 1.165) is 4.90 Å². The van der Waals surface area contributed by atoms with Gasteiger partial charge in [-0.3, -0.25) is 19.3 Å². The summed E-state index contributed by atoms with van der Waals surface area (Å²) in [5, 5.41) is 3.66. The Hall–Kier alpha value is -1.79. The lowest BCUT2D eigenvalue weighted by Gasteiger charge is -2.27. The summed E-state index contributed by atoms with van der Waals surface area (Å²) in [5.41, 5.74) is 0.573. The van der Waals surface area contributed by atoms with Gasteiger partial charge in [0.05, 0.1) is 31.9 Å². The van der Waals surface area contributed by atoms with Crippen LogP contribution in [0.25, 0.3) is 0 Å². The van der Waals surface area contributed by atoms with Crippen LogP contribution < -0.4 is 5.32 Å². The summed E-state index contributed by atoms with van der Waals surface area (Å²) in [5.74, 6) is -1.68. The van der Waals surface area contributed by atoms with Crippen molar-refractivity contribution >= 4 is 69.8 Å². The summed E-state index contributed by atoms with van der Waals surface area (Å²) < 4.78 is 0. The Morgan fingerprint density at radius 1 is 0.931 bits per heavy atom. The highest BCUT2D eigenvalue weighted by atomic mass is 35.5. The molecule has 3 rings (SSSR count). The molecule has 0 aromatic heterocycles. The van der Waals surface area contributed by atoms with Crippen LogP contribution in [-0.2, 0) is 4.79 Å². The van der Waals surface area contributed by atoms with Crippen molar-refractivity contribution in [2.45, 2.75) is 26.3 Å². The molecule has 0 saturated carbocycles. The molecule has 2 aromatic carbocycles. The van der Waals surface area contributed by atoms with Crippen LogP contribution in [-0.4, -0.2) is 28.7 Å². The molecule has 2 aromatic rings. The topological polar surface area (TPSA) is 66.5 Å². The van der Waals surface area contributed by atoms with Gasteiger partial charge in [0.1, 0.15) is 6.04 Å². The van der Waals surface area contributed by atoms with E-state index in [1.165, 1.54) is 18.2 Å². The smallest absolute Gasteiger partial charge is 0.262 e. The number of hydrogen-bond acceptors (Lipinski definition) is 3. The number of carbonyl (C=O) groups excluding carboxylic acids is 3. The third-order valence-corrected chi connectivity index (χ3v) is 5.73. The van der Waals surface area contributed by atoms with Gasteiger partial charge in [0.15, 0.2) is 0 Å². The van der Waals surface area contributed by atoms with Crippen molar-refractivity contribution in [3.05, 3.63) is 61.5 Å². The van der Waals surface area contributed by atoms with E-state index in [0.29, 0.717) is 10.7 Å². The number of rotatable bonds is 5. The molecule has 1 atom stereocenters. The van der Waals surface area contributed by atoms with Gasteiger partial charge in [-0.1, -0.05) is 60.3 Å². The molecule has 1 N–H and O–H groups in total. The van der Waals surface area contributed by atoms with E-state index in [9.17, 15) is 14.4 Å².